The fourth-order valence-corrected chi connectivity index (χ4v) is 13.6. The number of esters is 1. The zero-order valence-electron chi connectivity index (χ0n) is 60.5. The average Bonchev–Trinajstić information content (AvgIpc) is 3.55. The van der Waals surface area contributed by atoms with Gasteiger partial charge in [0.15, 0.2) is 0 Å². The molecule has 6 nitrogen and oxygen atoms in total. The van der Waals surface area contributed by atoms with Crippen molar-refractivity contribution in [3.8, 4) is 0 Å². The van der Waals surface area contributed by atoms with Crippen LogP contribution in [0.4, 0.5) is 0 Å². The summed E-state index contributed by atoms with van der Waals surface area (Å²) >= 11 is 0. The maximum atomic E-state index is 12.6. The standard InChI is InChI=1S/C82H163NO5/c1-3-5-7-9-11-13-15-16-17-18-19-39-42-45-48-51-55-58-62-66-70-74-80(85)79(78-84)83-81(86)75-71-67-63-59-56-52-49-46-43-40-37-35-33-31-29-27-25-23-21-20-22-24-26-28-30-32-34-36-38-41-44-47-50-53-57-61-65-69-73-77-88-82(87)76-72-68-64-60-54-14-12-10-8-6-4-2/h79-80,84-85H,3-78H2,1-2H3,(H,83,86). The highest BCUT2D eigenvalue weighted by atomic mass is 16.5. The molecular weight excluding hydrogens is 1080 g/mol. The fourth-order valence-electron chi connectivity index (χ4n) is 13.6. The van der Waals surface area contributed by atoms with Crippen molar-refractivity contribution in [3.05, 3.63) is 0 Å². The van der Waals surface area contributed by atoms with Crippen molar-refractivity contribution in [2.75, 3.05) is 13.2 Å². The van der Waals surface area contributed by atoms with Crippen LogP contribution in [0, 0.1) is 0 Å². The van der Waals surface area contributed by atoms with Crippen LogP contribution in [0.25, 0.3) is 0 Å². The van der Waals surface area contributed by atoms with Crippen LogP contribution in [0.1, 0.15) is 489 Å². The second-order valence-corrected chi connectivity index (χ2v) is 28.8. The first kappa shape index (κ1) is 86.9. The maximum Gasteiger partial charge on any atom is 0.305 e. The van der Waals surface area contributed by atoms with Crippen molar-refractivity contribution >= 4 is 11.9 Å². The number of amides is 1. The summed E-state index contributed by atoms with van der Waals surface area (Å²) in [6.45, 7) is 5.01. The summed E-state index contributed by atoms with van der Waals surface area (Å²) in [6, 6.07) is -0.537. The fraction of sp³-hybridized carbons (Fsp3) is 0.976. The molecule has 88 heavy (non-hydrogen) atoms. The Morgan fingerprint density at radius 3 is 0.693 bits per heavy atom. The molecule has 0 aliphatic heterocycles. The monoisotopic (exact) mass is 1240 g/mol. The quantitative estimate of drug-likeness (QED) is 0.0417. The van der Waals surface area contributed by atoms with Gasteiger partial charge in [0.2, 0.25) is 5.91 Å². The zero-order valence-corrected chi connectivity index (χ0v) is 60.5. The number of rotatable bonds is 79. The summed E-state index contributed by atoms with van der Waals surface area (Å²) in [4.78, 5) is 24.6. The summed E-state index contributed by atoms with van der Waals surface area (Å²) in [7, 11) is 0. The van der Waals surface area contributed by atoms with E-state index in [1.54, 1.807) is 0 Å². The normalized spacial score (nSPS) is 12.4. The predicted molar refractivity (Wildman–Crippen MR) is 389 cm³/mol. The van der Waals surface area contributed by atoms with E-state index in [1.165, 1.54) is 417 Å². The highest BCUT2D eigenvalue weighted by Crippen LogP contribution is 2.21. The zero-order chi connectivity index (χ0) is 63.5. The van der Waals surface area contributed by atoms with E-state index in [4.69, 9.17) is 4.74 Å². The van der Waals surface area contributed by atoms with Gasteiger partial charge in [-0.25, -0.2) is 0 Å². The van der Waals surface area contributed by atoms with Crippen LogP contribution in [0.15, 0.2) is 0 Å². The Kier molecular flexibility index (Phi) is 77.3. The lowest BCUT2D eigenvalue weighted by atomic mass is 10.0. The van der Waals surface area contributed by atoms with Gasteiger partial charge in [-0.05, 0) is 25.7 Å². The number of aliphatic hydroxyl groups excluding tert-OH is 2. The summed E-state index contributed by atoms with van der Waals surface area (Å²) in [5.74, 6) is 0.00246. The molecule has 0 aliphatic carbocycles. The molecule has 2 atom stereocenters. The average molecular weight is 1240 g/mol. The van der Waals surface area contributed by atoms with Crippen molar-refractivity contribution in [2.24, 2.45) is 0 Å². The molecule has 0 fully saturated rings. The van der Waals surface area contributed by atoms with Crippen LogP contribution in [-0.2, 0) is 14.3 Å². The highest BCUT2D eigenvalue weighted by molar-refractivity contribution is 5.76. The van der Waals surface area contributed by atoms with Gasteiger partial charge in [0.25, 0.3) is 0 Å². The Balaban J connectivity index is 3.29. The largest absolute Gasteiger partial charge is 0.466 e. The SMILES string of the molecule is CCCCCCCCCCCCCCCCCCCCCCCC(O)C(CO)NC(=O)CCCCCCCCCCCCCCCCCCCCCCCCCCCCCCCCCCCCCCCCCOC(=O)CCCCCCCCCCCCC. The van der Waals surface area contributed by atoms with Crippen molar-refractivity contribution in [2.45, 2.75) is 501 Å². The number of nitrogens with one attached hydrogen (secondary N) is 1. The van der Waals surface area contributed by atoms with E-state index in [-0.39, 0.29) is 18.5 Å². The topological polar surface area (TPSA) is 95.9 Å². The molecule has 3 N–H and O–H groups in total. The van der Waals surface area contributed by atoms with E-state index in [0.717, 1.165) is 38.5 Å². The lowest BCUT2D eigenvalue weighted by Gasteiger charge is -2.22. The van der Waals surface area contributed by atoms with E-state index in [1.807, 2.05) is 0 Å². The third kappa shape index (κ3) is 73.9. The Bertz CT molecular complexity index is 1290. The van der Waals surface area contributed by atoms with Crippen molar-refractivity contribution < 1.29 is 24.5 Å². The molecule has 526 valence electrons. The summed E-state index contributed by atoms with van der Waals surface area (Å²) < 4.78 is 5.49. The van der Waals surface area contributed by atoms with Crippen LogP contribution >= 0.6 is 0 Å². The van der Waals surface area contributed by atoms with Crippen molar-refractivity contribution in [1.29, 1.82) is 0 Å². The Hall–Kier alpha value is -1.14. The minimum Gasteiger partial charge on any atom is -0.466 e. The van der Waals surface area contributed by atoms with Gasteiger partial charge in [-0.3, -0.25) is 9.59 Å². The molecule has 0 aromatic carbocycles. The molecule has 0 bridgehead atoms. The molecule has 2 unspecified atom stereocenters. The van der Waals surface area contributed by atoms with Gasteiger partial charge in [-0.1, -0.05) is 450 Å². The van der Waals surface area contributed by atoms with Crippen molar-refractivity contribution in [1.82, 2.24) is 5.32 Å². The van der Waals surface area contributed by atoms with Gasteiger partial charge in [0.05, 0.1) is 25.4 Å². The second-order valence-electron chi connectivity index (χ2n) is 28.8. The molecule has 0 aromatic heterocycles. The number of unbranched alkanes of at least 4 members (excludes halogenated alkanes) is 68. The first-order valence-electron chi connectivity index (χ1n) is 41.3. The van der Waals surface area contributed by atoms with Gasteiger partial charge in [-0.15, -0.1) is 0 Å². The molecule has 0 spiro atoms. The smallest absolute Gasteiger partial charge is 0.305 e. The van der Waals surface area contributed by atoms with Gasteiger partial charge < -0.3 is 20.3 Å². The molecule has 1 amide bonds. The molecule has 0 aliphatic rings. The Labute approximate surface area is 553 Å². The summed E-state index contributed by atoms with van der Waals surface area (Å²) in [5, 5.41) is 23.5. The molecule has 0 radical (unpaired) electrons. The van der Waals surface area contributed by atoms with Crippen molar-refractivity contribution in [3.63, 3.8) is 0 Å². The lowest BCUT2D eigenvalue weighted by molar-refractivity contribution is -0.143. The number of hydrogen-bond donors (Lipinski definition) is 3. The first-order chi connectivity index (χ1) is 43.5. The minimum atomic E-state index is -0.660. The van der Waals surface area contributed by atoms with Gasteiger partial charge in [0.1, 0.15) is 0 Å². The summed E-state index contributed by atoms with van der Waals surface area (Å²) in [6.07, 6.45) is 98.0. The molecule has 0 saturated carbocycles. The molecule has 0 heterocycles. The van der Waals surface area contributed by atoms with Crippen LogP contribution in [0.2, 0.25) is 0 Å². The molecule has 6 heteroatoms. The first-order valence-corrected chi connectivity index (χ1v) is 41.3. The van der Waals surface area contributed by atoms with Crippen LogP contribution < -0.4 is 5.32 Å². The molecule has 0 saturated heterocycles. The molecule has 0 aromatic rings. The van der Waals surface area contributed by atoms with Gasteiger partial charge in [0, 0.05) is 12.8 Å². The number of hydrogen-bond acceptors (Lipinski definition) is 5. The Morgan fingerprint density at radius 1 is 0.273 bits per heavy atom. The highest BCUT2D eigenvalue weighted by Gasteiger charge is 2.20. The number of ether oxygens (including phenoxy) is 1. The van der Waals surface area contributed by atoms with Crippen LogP contribution in [0.5, 0.6) is 0 Å². The van der Waals surface area contributed by atoms with E-state index in [0.29, 0.717) is 25.9 Å². The van der Waals surface area contributed by atoms with E-state index in [2.05, 4.69) is 19.2 Å². The predicted octanol–water partition coefficient (Wildman–Crippen LogP) is 27.3. The molecular formula is C82H163NO5. The number of carbonyl (C=O) groups is 2. The summed E-state index contributed by atoms with van der Waals surface area (Å²) in [5.41, 5.74) is 0. The van der Waals surface area contributed by atoms with E-state index >= 15 is 0 Å². The van der Waals surface area contributed by atoms with Gasteiger partial charge >= 0.3 is 5.97 Å². The van der Waals surface area contributed by atoms with E-state index in [9.17, 15) is 19.8 Å². The second kappa shape index (κ2) is 78.3. The Morgan fingerprint density at radius 2 is 0.466 bits per heavy atom. The van der Waals surface area contributed by atoms with E-state index < -0.39 is 12.1 Å². The minimum absolute atomic E-state index is 0.0226. The van der Waals surface area contributed by atoms with Crippen LogP contribution in [-0.4, -0.2) is 47.4 Å². The molecule has 0 rings (SSSR count). The third-order valence-electron chi connectivity index (χ3n) is 19.9. The maximum absolute atomic E-state index is 12.6. The number of carbonyl (C=O) groups excluding carboxylic acids is 2. The van der Waals surface area contributed by atoms with Gasteiger partial charge in [-0.2, -0.15) is 0 Å². The van der Waals surface area contributed by atoms with Crippen LogP contribution in [0.3, 0.4) is 0 Å². The lowest BCUT2D eigenvalue weighted by Crippen LogP contribution is -2.45. The third-order valence-corrected chi connectivity index (χ3v) is 19.9. The number of aliphatic hydroxyl groups is 2.